The van der Waals surface area contributed by atoms with E-state index in [9.17, 15) is 5.21 Å². The molecule has 0 saturated heterocycles. The number of nitrogens with one attached hydrogen (secondary N) is 1. The van der Waals surface area contributed by atoms with E-state index in [-0.39, 0.29) is 0 Å². The summed E-state index contributed by atoms with van der Waals surface area (Å²) < 4.78 is 0.760. The maximum absolute atomic E-state index is 10.9. The van der Waals surface area contributed by atoms with E-state index in [2.05, 4.69) is 9.97 Å². The van der Waals surface area contributed by atoms with Gasteiger partial charge in [0.15, 0.2) is 12.4 Å². The molecule has 0 bridgehead atoms. The van der Waals surface area contributed by atoms with E-state index >= 15 is 0 Å². The first-order valence-corrected chi connectivity index (χ1v) is 3.54. The molecular formula is C8H7N3O. The number of imidazole rings is 1. The zero-order valence-electron chi connectivity index (χ0n) is 6.27. The zero-order valence-corrected chi connectivity index (χ0v) is 6.27. The highest BCUT2D eigenvalue weighted by Gasteiger charge is 2.00. The molecule has 4 nitrogen and oxygen atoms in total. The Balaban J connectivity index is 2.48. The Hall–Kier alpha value is -1.84. The molecule has 2 aromatic heterocycles. The average Bonchev–Trinajstić information content (AvgIpc) is 2.56. The normalized spacial score (nSPS) is 10.0. The number of hydrogen-bond donors (Lipinski definition) is 1. The Kier molecular flexibility index (Phi) is 1.51. The summed E-state index contributed by atoms with van der Waals surface area (Å²) in [5.41, 5.74) is 1.69. The molecule has 0 radical (unpaired) electrons. The van der Waals surface area contributed by atoms with E-state index in [0.717, 1.165) is 16.0 Å². The minimum atomic E-state index is 0.760. The molecule has 2 heterocycles. The summed E-state index contributed by atoms with van der Waals surface area (Å²) in [6.07, 6.45) is 6.19. The largest absolute Gasteiger partial charge is 0.619 e. The summed E-state index contributed by atoms with van der Waals surface area (Å²) in [6, 6.07) is 3.55. The van der Waals surface area contributed by atoms with E-state index in [0.29, 0.717) is 0 Å². The van der Waals surface area contributed by atoms with Gasteiger partial charge < -0.3 is 10.2 Å². The lowest BCUT2D eigenvalue weighted by molar-refractivity contribution is -0.604. The highest BCUT2D eigenvalue weighted by molar-refractivity contribution is 5.55. The van der Waals surface area contributed by atoms with Gasteiger partial charge in [-0.2, -0.15) is 4.73 Å². The van der Waals surface area contributed by atoms with Gasteiger partial charge >= 0.3 is 0 Å². The van der Waals surface area contributed by atoms with Crippen molar-refractivity contribution in [1.82, 2.24) is 9.97 Å². The molecule has 0 amide bonds. The van der Waals surface area contributed by atoms with Gasteiger partial charge in [-0.3, -0.25) is 0 Å². The average molecular weight is 161 g/mol. The number of rotatable bonds is 1. The van der Waals surface area contributed by atoms with Crippen LogP contribution in [0.4, 0.5) is 0 Å². The minimum Gasteiger partial charge on any atom is -0.619 e. The number of aromatic amines is 1. The molecule has 0 aliphatic heterocycles. The van der Waals surface area contributed by atoms with Crippen LogP contribution in [0.3, 0.4) is 0 Å². The molecular weight excluding hydrogens is 154 g/mol. The summed E-state index contributed by atoms with van der Waals surface area (Å²) in [7, 11) is 0. The number of pyridine rings is 1. The summed E-state index contributed by atoms with van der Waals surface area (Å²) >= 11 is 0. The van der Waals surface area contributed by atoms with Crippen LogP contribution in [0.5, 0.6) is 0 Å². The quantitative estimate of drug-likeness (QED) is 0.494. The van der Waals surface area contributed by atoms with Crippen LogP contribution in [0.2, 0.25) is 0 Å². The van der Waals surface area contributed by atoms with Crippen molar-refractivity contribution in [3.8, 4) is 11.3 Å². The van der Waals surface area contributed by atoms with Crippen molar-refractivity contribution in [2.45, 2.75) is 0 Å². The Labute approximate surface area is 69.1 Å². The molecule has 0 aliphatic rings. The molecule has 2 aromatic rings. The first kappa shape index (κ1) is 6.84. The molecule has 0 spiro atoms. The third-order valence-electron chi connectivity index (χ3n) is 1.58. The Morgan fingerprint density at radius 1 is 1.50 bits per heavy atom. The van der Waals surface area contributed by atoms with Crippen LogP contribution >= 0.6 is 0 Å². The summed E-state index contributed by atoms with van der Waals surface area (Å²) in [4.78, 5) is 6.78. The highest BCUT2D eigenvalue weighted by Crippen LogP contribution is 2.11. The third kappa shape index (κ3) is 1.14. The molecule has 0 atom stereocenters. The SMILES string of the molecule is [O-][n+]1cccc(-c2cnc[nH]2)c1. The van der Waals surface area contributed by atoms with Crippen LogP contribution in [-0.4, -0.2) is 9.97 Å². The Morgan fingerprint density at radius 3 is 3.08 bits per heavy atom. The predicted molar refractivity (Wildman–Crippen MR) is 43.0 cm³/mol. The van der Waals surface area contributed by atoms with Gasteiger partial charge in [0.05, 0.1) is 23.8 Å². The fraction of sp³-hybridized carbons (Fsp3) is 0. The lowest BCUT2D eigenvalue weighted by Crippen LogP contribution is -2.23. The van der Waals surface area contributed by atoms with Crippen LogP contribution in [0.15, 0.2) is 37.1 Å². The van der Waals surface area contributed by atoms with Gasteiger partial charge in [0.25, 0.3) is 0 Å². The molecule has 60 valence electrons. The van der Waals surface area contributed by atoms with Crippen LogP contribution < -0.4 is 4.73 Å². The van der Waals surface area contributed by atoms with Gasteiger partial charge in [0.1, 0.15) is 0 Å². The Morgan fingerprint density at radius 2 is 2.42 bits per heavy atom. The van der Waals surface area contributed by atoms with Crippen molar-refractivity contribution in [2.75, 3.05) is 0 Å². The van der Waals surface area contributed by atoms with Crippen molar-refractivity contribution < 1.29 is 4.73 Å². The van der Waals surface area contributed by atoms with E-state index in [1.807, 2.05) is 6.07 Å². The number of aromatic nitrogens is 3. The third-order valence-corrected chi connectivity index (χ3v) is 1.58. The molecule has 0 saturated carbocycles. The predicted octanol–water partition coefficient (Wildman–Crippen LogP) is 0.710. The van der Waals surface area contributed by atoms with Gasteiger partial charge in [0, 0.05) is 6.07 Å². The molecule has 4 heteroatoms. The van der Waals surface area contributed by atoms with Crippen LogP contribution in [0, 0.1) is 5.21 Å². The first-order chi connectivity index (χ1) is 5.86. The second kappa shape index (κ2) is 2.65. The van der Waals surface area contributed by atoms with Crippen molar-refractivity contribution in [2.24, 2.45) is 0 Å². The van der Waals surface area contributed by atoms with E-state index in [4.69, 9.17) is 0 Å². The molecule has 0 fully saturated rings. The number of nitrogens with zero attached hydrogens (tertiary/aromatic N) is 2. The van der Waals surface area contributed by atoms with Crippen molar-refractivity contribution >= 4 is 0 Å². The lowest BCUT2D eigenvalue weighted by atomic mass is 10.2. The van der Waals surface area contributed by atoms with Gasteiger partial charge in [-0.15, -0.1) is 0 Å². The Bertz CT molecular complexity index is 370. The van der Waals surface area contributed by atoms with Crippen LogP contribution in [0.1, 0.15) is 0 Å². The molecule has 12 heavy (non-hydrogen) atoms. The summed E-state index contributed by atoms with van der Waals surface area (Å²) in [5, 5.41) is 10.9. The second-order valence-electron chi connectivity index (χ2n) is 2.42. The van der Waals surface area contributed by atoms with Gasteiger partial charge in [-0.25, -0.2) is 4.98 Å². The smallest absolute Gasteiger partial charge is 0.189 e. The molecule has 0 aromatic carbocycles. The fourth-order valence-corrected chi connectivity index (χ4v) is 1.03. The van der Waals surface area contributed by atoms with Gasteiger partial charge in [-0.1, -0.05) is 0 Å². The summed E-state index contributed by atoms with van der Waals surface area (Å²) in [5.74, 6) is 0. The lowest BCUT2D eigenvalue weighted by Gasteiger charge is -1.96. The van der Waals surface area contributed by atoms with Gasteiger partial charge in [-0.05, 0) is 6.07 Å². The van der Waals surface area contributed by atoms with Crippen LogP contribution in [0.25, 0.3) is 11.3 Å². The maximum Gasteiger partial charge on any atom is 0.189 e. The van der Waals surface area contributed by atoms with Crippen molar-refractivity contribution in [1.29, 1.82) is 0 Å². The molecule has 2 rings (SSSR count). The minimum absolute atomic E-state index is 0.760. The number of hydrogen-bond acceptors (Lipinski definition) is 2. The van der Waals surface area contributed by atoms with E-state index in [1.54, 1.807) is 18.6 Å². The first-order valence-electron chi connectivity index (χ1n) is 3.54. The van der Waals surface area contributed by atoms with Crippen molar-refractivity contribution in [3.63, 3.8) is 0 Å². The fourth-order valence-electron chi connectivity index (χ4n) is 1.03. The zero-order chi connectivity index (χ0) is 8.39. The standard InChI is InChI=1S/C8H7N3O/c12-11-3-1-2-7(5-11)8-4-9-6-10-8/h1-6H,(H,9,10). The maximum atomic E-state index is 10.9. The number of H-pyrrole nitrogens is 1. The highest BCUT2D eigenvalue weighted by atomic mass is 16.5. The van der Waals surface area contributed by atoms with Gasteiger partial charge in [0.2, 0.25) is 0 Å². The second-order valence-corrected chi connectivity index (χ2v) is 2.42. The summed E-state index contributed by atoms with van der Waals surface area (Å²) in [6.45, 7) is 0. The van der Waals surface area contributed by atoms with E-state index in [1.165, 1.54) is 12.4 Å². The van der Waals surface area contributed by atoms with E-state index < -0.39 is 0 Å². The molecule has 1 N–H and O–H groups in total. The topological polar surface area (TPSA) is 55.6 Å². The van der Waals surface area contributed by atoms with Crippen molar-refractivity contribution in [3.05, 3.63) is 42.3 Å². The molecule has 0 unspecified atom stereocenters. The monoisotopic (exact) mass is 161 g/mol. The van der Waals surface area contributed by atoms with Crippen LogP contribution in [-0.2, 0) is 0 Å². The molecule has 0 aliphatic carbocycles.